The number of hydrogen-bond donors (Lipinski definition) is 0. The summed E-state index contributed by atoms with van der Waals surface area (Å²) in [6, 6.07) is 13.3. The maximum atomic E-state index is 13.1. The summed E-state index contributed by atoms with van der Waals surface area (Å²) >= 11 is 0. The minimum Gasteiger partial charge on any atom is -0.487 e. The van der Waals surface area contributed by atoms with E-state index >= 15 is 0 Å². The molecule has 1 heterocycles. The fraction of sp³-hybridized carbons (Fsp3) is 0.0625. The van der Waals surface area contributed by atoms with Gasteiger partial charge < -0.3 is 4.74 Å². The molecule has 0 aliphatic rings. The van der Waals surface area contributed by atoms with Crippen LogP contribution in [0.25, 0.3) is 10.9 Å². The predicted octanol–water partition coefficient (Wildman–Crippen LogP) is 4.09. The number of hydrogen-bond acceptors (Lipinski definition) is 2. The third-order valence-electron chi connectivity index (χ3n) is 2.95. The average molecular weight is 271 g/mol. The largest absolute Gasteiger partial charge is 0.487 e. The molecule has 0 bridgehead atoms. The minimum absolute atomic E-state index is 0.164. The first-order valence-electron chi connectivity index (χ1n) is 6.14. The number of nitrogens with zero attached hydrogens (tertiary/aromatic N) is 1. The summed E-state index contributed by atoms with van der Waals surface area (Å²) in [6.07, 6.45) is 1.61. The summed E-state index contributed by atoms with van der Waals surface area (Å²) in [5.41, 5.74) is 1.45. The molecule has 0 atom stereocenters. The van der Waals surface area contributed by atoms with E-state index in [9.17, 15) is 8.78 Å². The second kappa shape index (κ2) is 5.25. The zero-order valence-electron chi connectivity index (χ0n) is 10.5. The molecule has 100 valence electrons. The van der Waals surface area contributed by atoms with Crippen molar-refractivity contribution < 1.29 is 13.5 Å². The average Bonchev–Trinajstić information content (AvgIpc) is 2.48. The molecule has 0 fully saturated rings. The van der Waals surface area contributed by atoms with Crippen LogP contribution in [0.1, 0.15) is 5.56 Å². The van der Waals surface area contributed by atoms with Crippen LogP contribution in [0.4, 0.5) is 8.78 Å². The fourth-order valence-corrected chi connectivity index (χ4v) is 1.93. The summed E-state index contributed by atoms with van der Waals surface area (Å²) in [5, 5.41) is 0.968. The number of aromatic nitrogens is 1. The minimum atomic E-state index is -0.872. The Hall–Kier alpha value is -2.49. The monoisotopic (exact) mass is 271 g/mol. The van der Waals surface area contributed by atoms with Gasteiger partial charge in [0.05, 0.1) is 11.7 Å². The molecule has 0 saturated carbocycles. The van der Waals surface area contributed by atoms with E-state index in [-0.39, 0.29) is 6.61 Å². The topological polar surface area (TPSA) is 22.1 Å². The molecule has 0 aliphatic carbocycles. The number of benzene rings is 2. The van der Waals surface area contributed by atoms with E-state index in [0.717, 1.165) is 23.0 Å². The van der Waals surface area contributed by atoms with E-state index in [2.05, 4.69) is 4.98 Å². The molecule has 4 heteroatoms. The highest BCUT2D eigenvalue weighted by Gasteiger charge is 2.04. The fourth-order valence-electron chi connectivity index (χ4n) is 1.93. The van der Waals surface area contributed by atoms with Gasteiger partial charge in [-0.3, -0.25) is 4.98 Å². The van der Waals surface area contributed by atoms with Crippen molar-refractivity contribution in [1.82, 2.24) is 4.98 Å². The van der Waals surface area contributed by atoms with Gasteiger partial charge in [0.1, 0.15) is 12.4 Å². The van der Waals surface area contributed by atoms with Gasteiger partial charge >= 0.3 is 0 Å². The van der Waals surface area contributed by atoms with Crippen LogP contribution in [-0.4, -0.2) is 4.98 Å². The van der Waals surface area contributed by atoms with Gasteiger partial charge in [-0.15, -0.1) is 0 Å². The lowest BCUT2D eigenvalue weighted by Gasteiger charge is -2.07. The van der Waals surface area contributed by atoms with Gasteiger partial charge in [-0.05, 0) is 29.8 Å². The van der Waals surface area contributed by atoms with E-state index in [1.54, 1.807) is 6.20 Å². The molecule has 2 aromatic carbocycles. The van der Waals surface area contributed by atoms with Crippen molar-refractivity contribution in [2.24, 2.45) is 0 Å². The Morgan fingerprint density at radius 2 is 1.80 bits per heavy atom. The van der Waals surface area contributed by atoms with Gasteiger partial charge in [0.15, 0.2) is 11.6 Å². The third kappa shape index (κ3) is 2.59. The van der Waals surface area contributed by atoms with E-state index in [1.165, 1.54) is 6.07 Å². The molecule has 0 N–H and O–H groups in total. The van der Waals surface area contributed by atoms with E-state index in [4.69, 9.17) is 4.74 Å². The van der Waals surface area contributed by atoms with Crippen molar-refractivity contribution in [3.63, 3.8) is 0 Å². The van der Waals surface area contributed by atoms with E-state index in [1.807, 2.05) is 30.3 Å². The quantitative estimate of drug-likeness (QED) is 0.715. The Morgan fingerprint density at radius 1 is 0.950 bits per heavy atom. The lowest BCUT2D eigenvalue weighted by atomic mass is 10.2. The van der Waals surface area contributed by atoms with Crippen molar-refractivity contribution in [1.29, 1.82) is 0 Å². The Balaban J connectivity index is 1.77. The summed E-state index contributed by atoms with van der Waals surface area (Å²) in [5.74, 6) is -1.14. The molecule has 20 heavy (non-hydrogen) atoms. The van der Waals surface area contributed by atoms with Crippen molar-refractivity contribution in [2.75, 3.05) is 0 Å². The van der Waals surface area contributed by atoms with E-state index < -0.39 is 11.6 Å². The summed E-state index contributed by atoms with van der Waals surface area (Å²) in [7, 11) is 0. The SMILES string of the molecule is Fc1ccc(COc2cnc3ccccc3c2)cc1F. The number of ether oxygens (including phenoxy) is 1. The Morgan fingerprint density at radius 3 is 2.65 bits per heavy atom. The number of halogens is 2. The molecule has 0 amide bonds. The van der Waals surface area contributed by atoms with Crippen molar-refractivity contribution in [3.05, 3.63) is 71.9 Å². The summed E-state index contributed by atoms with van der Waals surface area (Å²) in [4.78, 5) is 4.27. The molecule has 3 aromatic rings. The number of fused-ring (bicyclic) bond motifs is 1. The van der Waals surface area contributed by atoms with Gasteiger partial charge in [0, 0.05) is 5.39 Å². The molecular formula is C16H11F2NO. The Bertz CT molecular complexity index is 758. The molecular weight excluding hydrogens is 260 g/mol. The maximum Gasteiger partial charge on any atom is 0.159 e. The van der Waals surface area contributed by atoms with Crippen LogP contribution in [0.5, 0.6) is 5.75 Å². The van der Waals surface area contributed by atoms with E-state index in [0.29, 0.717) is 11.3 Å². The van der Waals surface area contributed by atoms with Gasteiger partial charge in [0.25, 0.3) is 0 Å². The zero-order valence-corrected chi connectivity index (χ0v) is 10.5. The first kappa shape index (κ1) is 12.5. The Labute approximate surface area is 114 Å². The molecule has 0 radical (unpaired) electrons. The number of rotatable bonds is 3. The lowest BCUT2D eigenvalue weighted by Crippen LogP contribution is -1.97. The van der Waals surface area contributed by atoms with Crippen molar-refractivity contribution in [2.45, 2.75) is 6.61 Å². The van der Waals surface area contributed by atoms with Crippen LogP contribution in [0.2, 0.25) is 0 Å². The zero-order chi connectivity index (χ0) is 13.9. The molecule has 0 unspecified atom stereocenters. The maximum absolute atomic E-state index is 13.1. The first-order chi connectivity index (χ1) is 9.72. The summed E-state index contributed by atoms with van der Waals surface area (Å²) in [6.45, 7) is 0.164. The van der Waals surface area contributed by atoms with Crippen LogP contribution in [-0.2, 0) is 6.61 Å². The Kier molecular flexibility index (Phi) is 3.29. The third-order valence-corrected chi connectivity index (χ3v) is 2.95. The second-order valence-corrected chi connectivity index (χ2v) is 4.40. The predicted molar refractivity (Wildman–Crippen MR) is 72.4 cm³/mol. The smallest absolute Gasteiger partial charge is 0.159 e. The highest BCUT2D eigenvalue weighted by atomic mass is 19.2. The van der Waals surface area contributed by atoms with Gasteiger partial charge in [-0.2, -0.15) is 0 Å². The van der Waals surface area contributed by atoms with Crippen LogP contribution in [0.15, 0.2) is 54.7 Å². The molecule has 0 spiro atoms. The highest BCUT2D eigenvalue weighted by molar-refractivity contribution is 5.79. The van der Waals surface area contributed by atoms with Crippen LogP contribution >= 0.6 is 0 Å². The van der Waals surface area contributed by atoms with Gasteiger partial charge in [-0.1, -0.05) is 24.3 Å². The van der Waals surface area contributed by atoms with Crippen LogP contribution in [0, 0.1) is 11.6 Å². The van der Waals surface area contributed by atoms with Crippen molar-refractivity contribution >= 4 is 10.9 Å². The molecule has 0 aliphatic heterocycles. The highest BCUT2D eigenvalue weighted by Crippen LogP contribution is 2.19. The van der Waals surface area contributed by atoms with Crippen LogP contribution in [0.3, 0.4) is 0 Å². The normalized spacial score (nSPS) is 10.7. The second-order valence-electron chi connectivity index (χ2n) is 4.40. The standard InChI is InChI=1S/C16H11F2NO/c17-14-6-5-11(7-15(14)18)10-20-13-8-12-3-1-2-4-16(12)19-9-13/h1-9H,10H2. The van der Waals surface area contributed by atoms with Gasteiger partial charge in [-0.25, -0.2) is 8.78 Å². The number of pyridine rings is 1. The first-order valence-corrected chi connectivity index (χ1v) is 6.14. The molecule has 1 aromatic heterocycles. The molecule has 0 saturated heterocycles. The molecule has 3 rings (SSSR count). The van der Waals surface area contributed by atoms with Crippen LogP contribution < -0.4 is 4.74 Å². The number of para-hydroxylation sites is 1. The summed E-state index contributed by atoms with van der Waals surface area (Å²) < 4.78 is 31.4. The van der Waals surface area contributed by atoms with Crippen molar-refractivity contribution in [3.8, 4) is 5.75 Å². The van der Waals surface area contributed by atoms with Gasteiger partial charge in [0.2, 0.25) is 0 Å². The lowest BCUT2D eigenvalue weighted by molar-refractivity contribution is 0.304. The molecule has 2 nitrogen and oxygen atoms in total.